The smallest absolute Gasteiger partial charge is 0.132 e. The molecule has 3 rings (SSSR count). The van der Waals surface area contributed by atoms with Gasteiger partial charge in [-0.25, -0.2) is 0 Å². The van der Waals surface area contributed by atoms with Gasteiger partial charge in [0.2, 0.25) is 0 Å². The molecule has 0 spiro atoms. The molecule has 0 fully saturated rings. The van der Waals surface area contributed by atoms with Gasteiger partial charge >= 0.3 is 0 Å². The average molecular weight is 281 g/mol. The number of para-hydroxylation sites is 1. The highest BCUT2D eigenvalue weighted by Gasteiger charge is 2.14. The first-order valence-corrected chi connectivity index (χ1v) is 7.90. The topological polar surface area (TPSA) is 21.3 Å². The Morgan fingerprint density at radius 1 is 1.10 bits per heavy atom. The predicted octanol–water partition coefficient (Wildman–Crippen LogP) is 4.64. The third-order valence-electron chi connectivity index (χ3n) is 4.19. The summed E-state index contributed by atoms with van der Waals surface area (Å²) in [5.41, 5.74) is 4.14. The molecule has 0 saturated heterocycles. The molecule has 0 radical (unpaired) electrons. The zero-order valence-electron chi connectivity index (χ0n) is 12.9. The maximum absolute atomic E-state index is 6.16. The van der Waals surface area contributed by atoms with Crippen LogP contribution in [-0.2, 0) is 12.8 Å². The van der Waals surface area contributed by atoms with E-state index in [2.05, 4.69) is 55.6 Å². The average Bonchev–Trinajstić information content (AvgIpc) is 2.95. The molecule has 2 aromatic rings. The van der Waals surface area contributed by atoms with Gasteiger partial charge in [0, 0.05) is 11.6 Å². The summed E-state index contributed by atoms with van der Waals surface area (Å²) in [5.74, 6) is 1.90. The lowest BCUT2D eigenvalue weighted by molar-refractivity contribution is 0.462. The zero-order valence-corrected chi connectivity index (χ0v) is 12.9. The van der Waals surface area contributed by atoms with Gasteiger partial charge in [-0.15, -0.1) is 0 Å². The first kappa shape index (κ1) is 14.2. The van der Waals surface area contributed by atoms with E-state index in [4.69, 9.17) is 4.74 Å². The summed E-state index contributed by atoms with van der Waals surface area (Å²) in [6.45, 7) is 5.25. The molecule has 21 heavy (non-hydrogen) atoms. The van der Waals surface area contributed by atoms with Crippen LogP contribution in [0.15, 0.2) is 42.5 Å². The van der Waals surface area contributed by atoms with Crippen LogP contribution < -0.4 is 10.1 Å². The summed E-state index contributed by atoms with van der Waals surface area (Å²) in [6, 6.07) is 15.1. The molecule has 1 aliphatic rings. The van der Waals surface area contributed by atoms with Gasteiger partial charge in [-0.1, -0.05) is 31.2 Å². The van der Waals surface area contributed by atoms with Gasteiger partial charge in [0.1, 0.15) is 11.5 Å². The lowest BCUT2D eigenvalue weighted by Gasteiger charge is -2.17. The minimum atomic E-state index is 0.292. The van der Waals surface area contributed by atoms with E-state index in [0.717, 1.165) is 18.0 Å². The summed E-state index contributed by atoms with van der Waals surface area (Å²) >= 11 is 0. The van der Waals surface area contributed by atoms with Crippen molar-refractivity contribution in [2.45, 2.75) is 39.2 Å². The molecular weight excluding hydrogens is 258 g/mol. The number of rotatable bonds is 5. The highest BCUT2D eigenvalue weighted by Crippen LogP contribution is 2.32. The molecule has 1 atom stereocenters. The molecule has 0 bridgehead atoms. The largest absolute Gasteiger partial charge is 0.457 e. The van der Waals surface area contributed by atoms with Crippen LogP contribution in [0.5, 0.6) is 11.5 Å². The number of nitrogens with one attached hydrogen (secondary N) is 1. The molecule has 1 unspecified atom stereocenters. The molecule has 0 aromatic heterocycles. The van der Waals surface area contributed by atoms with Crippen molar-refractivity contribution in [2.75, 3.05) is 6.54 Å². The Hall–Kier alpha value is -1.80. The second-order valence-electron chi connectivity index (χ2n) is 5.70. The van der Waals surface area contributed by atoms with Crippen molar-refractivity contribution in [3.8, 4) is 11.5 Å². The third-order valence-corrected chi connectivity index (χ3v) is 4.19. The van der Waals surface area contributed by atoms with E-state index < -0.39 is 0 Å². The molecule has 0 aliphatic heterocycles. The summed E-state index contributed by atoms with van der Waals surface area (Å²) in [7, 11) is 0. The zero-order chi connectivity index (χ0) is 14.7. The monoisotopic (exact) mass is 281 g/mol. The van der Waals surface area contributed by atoms with E-state index >= 15 is 0 Å². The minimum Gasteiger partial charge on any atom is -0.457 e. The van der Waals surface area contributed by atoms with Crippen molar-refractivity contribution in [3.63, 3.8) is 0 Å². The molecule has 0 amide bonds. The number of fused-ring (bicyclic) bond motifs is 1. The Kier molecular flexibility index (Phi) is 4.26. The van der Waals surface area contributed by atoms with Gasteiger partial charge < -0.3 is 10.1 Å². The van der Waals surface area contributed by atoms with Crippen molar-refractivity contribution in [2.24, 2.45) is 0 Å². The molecular formula is C19H23NO. The number of ether oxygens (including phenoxy) is 1. The summed E-state index contributed by atoms with van der Waals surface area (Å²) in [5, 5.41) is 3.45. The van der Waals surface area contributed by atoms with Crippen molar-refractivity contribution in [3.05, 3.63) is 59.2 Å². The summed E-state index contributed by atoms with van der Waals surface area (Å²) in [4.78, 5) is 0. The second kappa shape index (κ2) is 6.31. The van der Waals surface area contributed by atoms with Crippen LogP contribution >= 0.6 is 0 Å². The first-order chi connectivity index (χ1) is 10.3. The fourth-order valence-electron chi connectivity index (χ4n) is 3.09. The van der Waals surface area contributed by atoms with E-state index in [1.54, 1.807) is 0 Å². The highest BCUT2D eigenvalue weighted by atomic mass is 16.5. The molecule has 2 heteroatoms. The minimum absolute atomic E-state index is 0.292. The Bertz CT molecular complexity index is 621. The second-order valence-corrected chi connectivity index (χ2v) is 5.70. The van der Waals surface area contributed by atoms with E-state index in [1.165, 1.54) is 36.0 Å². The predicted molar refractivity (Wildman–Crippen MR) is 87.1 cm³/mol. The lowest BCUT2D eigenvalue weighted by Crippen LogP contribution is -2.18. The van der Waals surface area contributed by atoms with E-state index in [9.17, 15) is 0 Å². The molecule has 2 aromatic carbocycles. The fraction of sp³-hybridized carbons (Fsp3) is 0.368. The molecule has 1 aliphatic carbocycles. The number of hydrogen-bond acceptors (Lipinski definition) is 2. The quantitative estimate of drug-likeness (QED) is 0.862. The van der Waals surface area contributed by atoms with Crippen LogP contribution in [0.2, 0.25) is 0 Å². The van der Waals surface area contributed by atoms with Crippen molar-refractivity contribution < 1.29 is 4.74 Å². The van der Waals surface area contributed by atoms with Crippen molar-refractivity contribution in [1.82, 2.24) is 5.32 Å². The van der Waals surface area contributed by atoms with Crippen LogP contribution in [-0.4, -0.2) is 6.54 Å². The fourth-order valence-corrected chi connectivity index (χ4v) is 3.09. The van der Waals surface area contributed by atoms with Crippen molar-refractivity contribution in [1.29, 1.82) is 0 Å². The molecule has 1 N–H and O–H groups in total. The number of aryl methyl sites for hydroxylation is 2. The molecule has 0 saturated carbocycles. The Labute approximate surface area is 127 Å². The normalized spacial score (nSPS) is 14.8. The molecule has 0 heterocycles. The summed E-state index contributed by atoms with van der Waals surface area (Å²) < 4.78 is 6.16. The van der Waals surface area contributed by atoms with Crippen molar-refractivity contribution >= 4 is 0 Å². The van der Waals surface area contributed by atoms with Crippen LogP contribution in [0, 0.1) is 0 Å². The standard InChI is InChI=1S/C19H23NO/c1-3-20-14(2)18-9-4-5-10-19(18)21-17-12-11-15-7-6-8-16(15)13-17/h4-5,9-14,20H,3,6-8H2,1-2H3. The lowest BCUT2D eigenvalue weighted by atomic mass is 10.1. The SMILES string of the molecule is CCNC(C)c1ccccc1Oc1ccc2c(c1)CCC2. The number of hydrogen-bond donors (Lipinski definition) is 1. The first-order valence-electron chi connectivity index (χ1n) is 7.90. The Balaban J connectivity index is 1.84. The maximum Gasteiger partial charge on any atom is 0.132 e. The van der Waals surface area contributed by atoms with Gasteiger partial charge in [-0.2, -0.15) is 0 Å². The van der Waals surface area contributed by atoms with Gasteiger partial charge in [0.25, 0.3) is 0 Å². The van der Waals surface area contributed by atoms with Gasteiger partial charge in [-0.3, -0.25) is 0 Å². The third kappa shape index (κ3) is 3.11. The summed E-state index contributed by atoms with van der Waals surface area (Å²) in [6.07, 6.45) is 3.67. The maximum atomic E-state index is 6.16. The van der Waals surface area contributed by atoms with E-state index in [1.807, 2.05) is 6.07 Å². The van der Waals surface area contributed by atoms with E-state index in [0.29, 0.717) is 6.04 Å². The Morgan fingerprint density at radius 2 is 1.90 bits per heavy atom. The van der Waals surface area contributed by atoms with Crippen LogP contribution in [0.3, 0.4) is 0 Å². The highest BCUT2D eigenvalue weighted by molar-refractivity contribution is 5.43. The number of benzene rings is 2. The van der Waals surface area contributed by atoms with Gasteiger partial charge in [-0.05, 0) is 62.1 Å². The van der Waals surface area contributed by atoms with Crippen LogP contribution in [0.4, 0.5) is 0 Å². The van der Waals surface area contributed by atoms with Crippen LogP contribution in [0.25, 0.3) is 0 Å². The molecule has 110 valence electrons. The van der Waals surface area contributed by atoms with E-state index in [-0.39, 0.29) is 0 Å². The van der Waals surface area contributed by atoms with Gasteiger partial charge in [0.15, 0.2) is 0 Å². The molecule has 2 nitrogen and oxygen atoms in total. The van der Waals surface area contributed by atoms with Gasteiger partial charge in [0.05, 0.1) is 0 Å². The Morgan fingerprint density at radius 3 is 2.76 bits per heavy atom. The van der Waals surface area contributed by atoms with Crippen LogP contribution in [0.1, 0.15) is 43.0 Å².